The minimum Gasteiger partial charge on any atom is -0.354 e. The number of hydrogen-bond acceptors (Lipinski definition) is 4. The van der Waals surface area contributed by atoms with Gasteiger partial charge in [0.25, 0.3) is 0 Å². The second kappa shape index (κ2) is 6.68. The van der Waals surface area contributed by atoms with E-state index >= 15 is 0 Å². The van der Waals surface area contributed by atoms with Crippen molar-refractivity contribution in [3.8, 4) is 0 Å². The van der Waals surface area contributed by atoms with Gasteiger partial charge >= 0.3 is 0 Å². The fourth-order valence-corrected chi connectivity index (χ4v) is 3.20. The molecule has 20 heavy (non-hydrogen) atoms. The third-order valence-corrected chi connectivity index (χ3v) is 4.53. The van der Waals surface area contributed by atoms with Gasteiger partial charge in [0.2, 0.25) is 0 Å². The molecule has 1 aromatic carbocycles. The maximum Gasteiger partial charge on any atom is 0.176 e. The highest BCUT2D eigenvalue weighted by Crippen LogP contribution is 2.33. The van der Waals surface area contributed by atoms with Crippen LogP contribution in [0.3, 0.4) is 0 Å². The second-order valence-corrected chi connectivity index (χ2v) is 5.71. The molecule has 2 atom stereocenters. The molecule has 4 heteroatoms. The van der Waals surface area contributed by atoms with Crippen LogP contribution in [0.1, 0.15) is 24.8 Å². The Morgan fingerprint density at radius 1 is 1.30 bits per heavy atom. The Morgan fingerprint density at radius 2 is 1.95 bits per heavy atom. The molecule has 1 heterocycles. The van der Waals surface area contributed by atoms with E-state index in [0.717, 1.165) is 19.5 Å². The Kier molecular flexibility index (Phi) is 5.16. The molecule has 0 spiro atoms. The molecule has 2 unspecified atom stereocenters. The Labute approximate surface area is 121 Å². The Bertz CT molecular complexity index is 408. The monoisotopic (exact) mass is 278 g/mol. The minimum absolute atomic E-state index is 0.285. The van der Waals surface area contributed by atoms with Gasteiger partial charge in [-0.1, -0.05) is 30.3 Å². The number of ether oxygens (including phenoxy) is 2. The predicted octanol–water partition coefficient (Wildman–Crippen LogP) is 1.81. The number of likely N-dealkylation sites (tertiary alicyclic amines) is 1. The number of nitrogens with zero attached hydrogens (tertiary/aromatic N) is 1. The third kappa shape index (κ3) is 2.88. The van der Waals surface area contributed by atoms with Crippen molar-refractivity contribution in [2.75, 3.05) is 33.9 Å². The molecule has 1 aliphatic heterocycles. The molecule has 112 valence electrons. The number of hydrogen-bond donors (Lipinski definition) is 1. The molecule has 0 radical (unpaired) electrons. The van der Waals surface area contributed by atoms with E-state index in [1.54, 1.807) is 14.2 Å². The van der Waals surface area contributed by atoms with E-state index in [0.29, 0.717) is 12.5 Å². The average molecular weight is 278 g/mol. The predicted molar refractivity (Wildman–Crippen MR) is 80.6 cm³/mol. The lowest BCUT2D eigenvalue weighted by Crippen LogP contribution is -2.59. The number of rotatable bonds is 6. The zero-order chi connectivity index (χ0) is 14.6. The van der Waals surface area contributed by atoms with Gasteiger partial charge in [-0.2, -0.15) is 0 Å². The van der Waals surface area contributed by atoms with E-state index in [-0.39, 0.29) is 11.8 Å². The standard InChI is InChI=1S/C16H26N2O2/c1-16(12-17,15(19-2)20-3)18-10-9-14(11-18)13-7-5-4-6-8-13/h4-8,14-15H,9-12,17H2,1-3H3. The molecule has 0 saturated carbocycles. The molecular weight excluding hydrogens is 252 g/mol. The van der Waals surface area contributed by atoms with Crippen LogP contribution in [0, 0.1) is 0 Å². The summed E-state index contributed by atoms with van der Waals surface area (Å²) in [4.78, 5) is 2.41. The molecule has 4 nitrogen and oxygen atoms in total. The van der Waals surface area contributed by atoms with Gasteiger partial charge < -0.3 is 15.2 Å². The largest absolute Gasteiger partial charge is 0.354 e. The van der Waals surface area contributed by atoms with Crippen molar-refractivity contribution in [2.45, 2.75) is 31.1 Å². The average Bonchev–Trinajstić information content (AvgIpc) is 2.99. The van der Waals surface area contributed by atoms with Crippen molar-refractivity contribution in [1.29, 1.82) is 0 Å². The van der Waals surface area contributed by atoms with Gasteiger partial charge in [-0.25, -0.2) is 0 Å². The summed E-state index contributed by atoms with van der Waals surface area (Å²) in [5, 5.41) is 0. The van der Waals surface area contributed by atoms with Crippen LogP contribution in [0.5, 0.6) is 0 Å². The van der Waals surface area contributed by atoms with Gasteiger partial charge in [0.15, 0.2) is 6.29 Å². The first-order valence-corrected chi connectivity index (χ1v) is 7.21. The first-order chi connectivity index (χ1) is 9.65. The SMILES string of the molecule is COC(OC)C(C)(CN)N1CCC(c2ccccc2)C1. The summed E-state index contributed by atoms with van der Waals surface area (Å²) in [5.41, 5.74) is 7.14. The van der Waals surface area contributed by atoms with E-state index in [9.17, 15) is 0 Å². The highest BCUT2D eigenvalue weighted by Gasteiger charge is 2.42. The van der Waals surface area contributed by atoms with Gasteiger partial charge in [0, 0.05) is 27.3 Å². The maximum atomic E-state index is 6.02. The molecule has 0 aliphatic carbocycles. The van der Waals surface area contributed by atoms with Crippen molar-refractivity contribution in [1.82, 2.24) is 4.90 Å². The summed E-state index contributed by atoms with van der Waals surface area (Å²) in [5.74, 6) is 0.566. The van der Waals surface area contributed by atoms with E-state index in [4.69, 9.17) is 15.2 Å². The Hall–Kier alpha value is -0.940. The molecule has 0 amide bonds. The van der Waals surface area contributed by atoms with E-state index in [2.05, 4.69) is 42.2 Å². The van der Waals surface area contributed by atoms with Crippen LogP contribution in [0.15, 0.2) is 30.3 Å². The summed E-state index contributed by atoms with van der Waals surface area (Å²) >= 11 is 0. The van der Waals surface area contributed by atoms with Gasteiger partial charge in [0.05, 0.1) is 5.54 Å². The molecule has 1 aromatic rings. The highest BCUT2D eigenvalue weighted by atomic mass is 16.7. The normalized spacial score (nSPS) is 23.1. The first-order valence-electron chi connectivity index (χ1n) is 7.21. The number of nitrogens with two attached hydrogens (primary N) is 1. The fraction of sp³-hybridized carbons (Fsp3) is 0.625. The lowest BCUT2D eigenvalue weighted by Gasteiger charge is -2.42. The van der Waals surface area contributed by atoms with Crippen molar-refractivity contribution >= 4 is 0 Å². The first kappa shape index (κ1) is 15.4. The molecule has 2 N–H and O–H groups in total. The third-order valence-electron chi connectivity index (χ3n) is 4.53. The maximum absolute atomic E-state index is 6.02. The number of benzene rings is 1. The van der Waals surface area contributed by atoms with Crippen LogP contribution in [0.25, 0.3) is 0 Å². The van der Waals surface area contributed by atoms with Crippen molar-refractivity contribution in [2.24, 2.45) is 5.73 Å². The van der Waals surface area contributed by atoms with E-state index in [1.807, 2.05) is 0 Å². The van der Waals surface area contributed by atoms with Crippen LogP contribution in [-0.2, 0) is 9.47 Å². The molecule has 0 aromatic heterocycles. The molecule has 1 aliphatic rings. The summed E-state index contributed by atoms with van der Waals surface area (Å²) in [6.45, 7) is 4.66. The summed E-state index contributed by atoms with van der Waals surface area (Å²) in [6, 6.07) is 10.7. The summed E-state index contributed by atoms with van der Waals surface area (Å²) in [7, 11) is 3.35. The summed E-state index contributed by atoms with van der Waals surface area (Å²) < 4.78 is 10.9. The zero-order valence-electron chi connectivity index (χ0n) is 12.7. The zero-order valence-corrected chi connectivity index (χ0v) is 12.7. The van der Waals surface area contributed by atoms with E-state index < -0.39 is 0 Å². The summed E-state index contributed by atoms with van der Waals surface area (Å²) in [6.07, 6.45) is 0.849. The van der Waals surface area contributed by atoms with Gasteiger partial charge in [-0.3, -0.25) is 4.90 Å². The molecule has 2 rings (SSSR count). The quantitative estimate of drug-likeness (QED) is 0.806. The van der Waals surface area contributed by atoms with Gasteiger partial charge in [-0.05, 0) is 31.4 Å². The second-order valence-electron chi connectivity index (χ2n) is 5.71. The van der Waals surface area contributed by atoms with Crippen LogP contribution in [0.4, 0.5) is 0 Å². The van der Waals surface area contributed by atoms with Crippen molar-refractivity contribution in [3.05, 3.63) is 35.9 Å². The highest BCUT2D eigenvalue weighted by molar-refractivity contribution is 5.21. The topological polar surface area (TPSA) is 47.7 Å². The van der Waals surface area contributed by atoms with Crippen LogP contribution in [0.2, 0.25) is 0 Å². The molecular formula is C16H26N2O2. The minimum atomic E-state index is -0.304. The molecule has 1 saturated heterocycles. The smallest absolute Gasteiger partial charge is 0.176 e. The number of methoxy groups -OCH3 is 2. The fourth-order valence-electron chi connectivity index (χ4n) is 3.20. The van der Waals surface area contributed by atoms with Crippen molar-refractivity contribution < 1.29 is 9.47 Å². The van der Waals surface area contributed by atoms with Crippen LogP contribution >= 0.6 is 0 Å². The molecule has 0 bridgehead atoms. The van der Waals surface area contributed by atoms with Gasteiger partial charge in [-0.15, -0.1) is 0 Å². The lowest BCUT2D eigenvalue weighted by molar-refractivity contribution is -0.178. The van der Waals surface area contributed by atoms with Crippen LogP contribution in [-0.4, -0.2) is 50.6 Å². The van der Waals surface area contributed by atoms with Crippen LogP contribution < -0.4 is 5.73 Å². The van der Waals surface area contributed by atoms with Gasteiger partial charge in [0.1, 0.15) is 0 Å². The van der Waals surface area contributed by atoms with Crippen molar-refractivity contribution in [3.63, 3.8) is 0 Å². The molecule has 1 fully saturated rings. The Morgan fingerprint density at radius 3 is 2.50 bits per heavy atom. The van der Waals surface area contributed by atoms with E-state index in [1.165, 1.54) is 5.56 Å². The Balaban J connectivity index is 2.11. The lowest BCUT2D eigenvalue weighted by atomic mass is 9.97.